The number of carbonyl (C=O) groups is 1. The van der Waals surface area contributed by atoms with E-state index in [2.05, 4.69) is 5.32 Å². The predicted octanol–water partition coefficient (Wildman–Crippen LogP) is 3.23. The quantitative estimate of drug-likeness (QED) is 0.379. The third-order valence-corrected chi connectivity index (χ3v) is 4.44. The van der Waals surface area contributed by atoms with Gasteiger partial charge in [0.1, 0.15) is 11.4 Å². The Balaban J connectivity index is 1.95. The lowest BCUT2D eigenvalue weighted by atomic mass is 10.1. The van der Waals surface area contributed by atoms with E-state index >= 15 is 0 Å². The average molecular weight is 382 g/mol. The topological polar surface area (TPSA) is 78.7 Å². The average Bonchev–Trinajstić information content (AvgIpc) is 2.89. The van der Waals surface area contributed by atoms with Gasteiger partial charge in [0.2, 0.25) is 0 Å². The number of benzene rings is 2. The molecule has 1 N–H and O–H groups in total. The van der Waals surface area contributed by atoms with Crippen LogP contribution in [0.5, 0.6) is 0 Å². The molecule has 1 aliphatic rings. The summed E-state index contributed by atoms with van der Waals surface area (Å²) in [6.45, 7) is 1.96. The number of carbonyl (C=O) groups excluding carboxylic acids is 1. The first kappa shape index (κ1) is 18.5. The van der Waals surface area contributed by atoms with Crippen LogP contribution in [0, 0.1) is 17.0 Å². The summed E-state index contributed by atoms with van der Waals surface area (Å²) >= 11 is 5.29. The Morgan fingerprint density at radius 1 is 1.19 bits per heavy atom. The molecule has 2 aromatic carbocycles. The molecule has 27 heavy (non-hydrogen) atoms. The fourth-order valence-electron chi connectivity index (χ4n) is 2.78. The summed E-state index contributed by atoms with van der Waals surface area (Å²) in [5.41, 5.74) is 3.01. The number of amides is 1. The second kappa shape index (κ2) is 7.16. The van der Waals surface area contributed by atoms with Crippen LogP contribution in [0.25, 0.3) is 6.08 Å². The van der Waals surface area contributed by atoms with Crippen molar-refractivity contribution >= 4 is 46.4 Å². The standard InChI is InChI=1S/C19H18N4O3S/c1-12-4-7-14(8-5-12)22-18(24)15(20-19(22)27)10-13-6-9-16(21(2)3)17(11-13)23(25)26/h4-11H,1-3H3,(H,20,27)/b15-10-. The molecule has 1 heterocycles. The third kappa shape index (κ3) is 3.65. The number of hydrogen-bond donors (Lipinski definition) is 1. The van der Waals surface area contributed by atoms with Crippen LogP contribution in [0.1, 0.15) is 11.1 Å². The lowest BCUT2D eigenvalue weighted by Gasteiger charge is -2.14. The molecule has 8 heteroatoms. The van der Waals surface area contributed by atoms with Gasteiger partial charge in [-0.2, -0.15) is 0 Å². The first-order valence-electron chi connectivity index (χ1n) is 8.17. The van der Waals surface area contributed by atoms with E-state index < -0.39 is 4.92 Å². The van der Waals surface area contributed by atoms with E-state index in [-0.39, 0.29) is 22.4 Å². The minimum atomic E-state index is -0.440. The Labute approximate surface area is 162 Å². The normalized spacial score (nSPS) is 15.2. The highest BCUT2D eigenvalue weighted by atomic mass is 32.1. The predicted molar refractivity (Wildman–Crippen MR) is 110 cm³/mol. The molecule has 0 unspecified atom stereocenters. The third-order valence-electron chi connectivity index (χ3n) is 4.16. The molecule has 1 aliphatic heterocycles. The highest BCUT2D eigenvalue weighted by molar-refractivity contribution is 7.80. The summed E-state index contributed by atoms with van der Waals surface area (Å²) in [7, 11) is 3.47. The highest BCUT2D eigenvalue weighted by Crippen LogP contribution is 2.29. The zero-order chi connectivity index (χ0) is 19.7. The first-order chi connectivity index (χ1) is 12.8. The summed E-state index contributed by atoms with van der Waals surface area (Å²) in [5.74, 6) is -0.303. The van der Waals surface area contributed by atoms with Gasteiger partial charge in [0, 0.05) is 20.2 Å². The van der Waals surface area contributed by atoms with Crippen molar-refractivity contribution in [2.75, 3.05) is 23.9 Å². The van der Waals surface area contributed by atoms with Crippen LogP contribution in [0.15, 0.2) is 48.2 Å². The molecule has 1 fully saturated rings. The molecule has 0 spiro atoms. The lowest BCUT2D eigenvalue weighted by molar-refractivity contribution is -0.384. The van der Waals surface area contributed by atoms with Gasteiger partial charge in [-0.25, -0.2) is 0 Å². The summed E-state index contributed by atoms with van der Waals surface area (Å²) in [6.07, 6.45) is 1.56. The second-order valence-electron chi connectivity index (χ2n) is 6.36. The second-order valence-corrected chi connectivity index (χ2v) is 6.75. The SMILES string of the molecule is Cc1ccc(N2C(=O)/C(=C/c3ccc(N(C)C)c([N+](=O)[O-])c3)NC2=S)cc1. The first-order valence-corrected chi connectivity index (χ1v) is 8.58. The van der Waals surface area contributed by atoms with Gasteiger partial charge in [0.05, 0.1) is 10.6 Å². The molecule has 0 aromatic heterocycles. The van der Waals surface area contributed by atoms with Crippen LogP contribution in [-0.2, 0) is 4.79 Å². The van der Waals surface area contributed by atoms with E-state index in [0.29, 0.717) is 16.9 Å². The summed E-state index contributed by atoms with van der Waals surface area (Å²) in [6, 6.07) is 12.3. The zero-order valence-corrected chi connectivity index (χ0v) is 15.9. The summed E-state index contributed by atoms with van der Waals surface area (Å²) in [5, 5.41) is 14.5. The zero-order valence-electron chi connectivity index (χ0n) is 15.1. The number of thiocarbonyl (C=S) groups is 1. The Hall–Kier alpha value is -3.26. The molecule has 7 nitrogen and oxygen atoms in total. The van der Waals surface area contributed by atoms with Crippen LogP contribution in [0.4, 0.5) is 17.1 Å². The Morgan fingerprint density at radius 3 is 2.44 bits per heavy atom. The largest absolute Gasteiger partial charge is 0.372 e. The van der Waals surface area contributed by atoms with Gasteiger partial charge in [-0.3, -0.25) is 19.8 Å². The Bertz CT molecular complexity index is 967. The van der Waals surface area contributed by atoms with Crippen molar-refractivity contribution < 1.29 is 9.72 Å². The summed E-state index contributed by atoms with van der Waals surface area (Å²) in [4.78, 5) is 26.7. The number of hydrogen-bond acceptors (Lipinski definition) is 5. The number of rotatable bonds is 4. The Kier molecular flexibility index (Phi) is 4.91. The maximum absolute atomic E-state index is 12.8. The van der Waals surface area contributed by atoms with Gasteiger partial charge >= 0.3 is 0 Å². The van der Waals surface area contributed by atoms with Crippen LogP contribution >= 0.6 is 12.2 Å². The van der Waals surface area contributed by atoms with E-state index in [1.54, 1.807) is 37.2 Å². The lowest BCUT2D eigenvalue weighted by Crippen LogP contribution is -2.30. The minimum absolute atomic E-state index is 0.0298. The molecule has 0 aliphatic carbocycles. The van der Waals surface area contributed by atoms with E-state index in [1.165, 1.54) is 11.0 Å². The fraction of sp³-hybridized carbons (Fsp3) is 0.158. The van der Waals surface area contributed by atoms with Crippen LogP contribution in [-0.4, -0.2) is 30.0 Å². The number of aryl methyl sites for hydroxylation is 1. The van der Waals surface area contributed by atoms with Crippen molar-refractivity contribution in [1.82, 2.24) is 5.32 Å². The number of anilines is 2. The van der Waals surface area contributed by atoms with E-state index in [4.69, 9.17) is 12.2 Å². The number of nitro benzene ring substituents is 1. The molecule has 1 saturated heterocycles. The Morgan fingerprint density at radius 2 is 1.85 bits per heavy atom. The number of nitrogens with zero attached hydrogens (tertiary/aromatic N) is 3. The van der Waals surface area contributed by atoms with Crippen molar-refractivity contribution in [3.63, 3.8) is 0 Å². The fourth-order valence-corrected chi connectivity index (χ4v) is 3.08. The van der Waals surface area contributed by atoms with Crippen molar-refractivity contribution in [3.8, 4) is 0 Å². The van der Waals surface area contributed by atoms with E-state index in [1.807, 2.05) is 31.2 Å². The molecule has 2 aromatic rings. The number of nitro groups is 1. The van der Waals surface area contributed by atoms with Gasteiger partial charge in [0.15, 0.2) is 5.11 Å². The number of nitrogens with one attached hydrogen (secondary N) is 1. The van der Waals surface area contributed by atoms with Gasteiger partial charge < -0.3 is 10.2 Å². The smallest absolute Gasteiger partial charge is 0.293 e. The van der Waals surface area contributed by atoms with Crippen molar-refractivity contribution in [1.29, 1.82) is 0 Å². The molecule has 3 rings (SSSR count). The monoisotopic (exact) mass is 382 g/mol. The maximum atomic E-state index is 12.8. The van der Waals surface area contributed by atoms with Crippen molar-refractivity contribution in [3.05, 3.63) is 69.4 Å². The molecule has 0 atom stereocenters. The molecule has 1 amide bonds. The van der Waals surface area contributed by atoms with Crippen LogP contribution in [0.3, 0.4) is 0 Å². The van der Waals surface area contributed by atoms with Gasteiger partial charge in [-0.05, 0) is 49.0 Å². The molecular formula is C19H18N4O3S. The molecule has 0 saturated carbocycles. The van der Waals surface area contributed by atoms with Crippen LogP contribution in [0.2, 0.25) is 0 Å². The molecule has 0 radical (unpaired) electrons. The van der Waals surface area contributed by atoms with E-state index in [9.17, 15) is 14.9 Å². The molecular weight excluding hydrogens is 364 g/mol. The van der Waals surface area contributed by atoms with Crippen LogP contribution < -0.4 is 15.1 Å². The summed E-state index contributed by atoms with van der Waals surface area (Å²) < 4.78 is 0. The maximum Gasteiger partial charge on any atom is 0.293 e. The van der Waals surface area contributed by atoms with Gasteiger partial charge in [-0.1, -0.05) is 23.8 Å². The van der Waals surface area contributed by atoms with Crippen molar-refractivity contribution in [2.45, 2.75) is 6.92 Å². The van der Waals surface area contributed by atoms with Gasteiger partial charge in [-0.15, -0.1) is 0 Å². The minimum Gasteiger partial charge on any atom is -0.372 e. The molecule has 0 bridgehead atoms. The van der Waals surface area contributed by atoms with Crippen molar-refractivity contribution in [2.24, 2.45) is 0 Å². The van der Waals surface area contributed by atoms with Gasteiger partial charge in [0.25, 0.3) is 11.6 Å². The molecule has 138 valence electrons. The van der Waals surface area contributed by atoms with E-state index in [0.717, 1.165) is 5.56 Å². The highest BCUT2D eigenvalue weighted by Gasteiger charge is 2.32.